The number of ether oxygens (including phenoxy) is 1. The van der Waals surface area contributed by atoms with E-state index in [-0.39, 0.29) is 23.0 Å². The maximum absolute atomic E-state index is 14.2. The number of hydrogen-bond acceptors (Lipinski definition) is 3. The molecule has 1 aliphatic rings. The zero-order valence-corrected chi connectivity index (χ0v) is 12.0. The SMILES string of the molecule is CCC1COC(C)CN1c1ccc(C(N)=S)cc1F. The molecule has 1 aliphatic heterocycles. The summed E-state index contributed by atoms with van der Waals surface area (Å²) in [5.74, 6) is -0.280. The van der Waals surface area contributed by atoms with Gasteiger partial charge in [0.05, 0.1) is 24.4 Å². The van der Waals surface area contributed by atoms with Crippen molar-refractivity contribution in [2.24, 2.45) is 5.73 Å². The molecule has 2 unspecified atom stereocenters. The maximum Gasteiger partial charge on any atom is 0.147 e. The predicted octanol–water partition coefficient (Wildman–Crippen LogP) is 2.46. The topological polar surface area (TPSA) is 38.5 Å². The molecule has 2 N–H and O–H groups in total. The van der Waals surface area contributed by atoms with Gasteiger partial charge in [0.1, 0.15) is 10.8 Å². The fourth-order valence-electron chi connectivity index (χ4n) is 2.37. The van der Waals surface area contributed by atoms with Crippen molar-refractivity contribution in [3.05, 3.63) is 29.6 Å². The van der Waals surface area contributed by atoms with E-state index in [1.54, 1.807) is 12.1 Å². The van der Waals surface area contributed by atoms with Crippen LogP contribution in [0.2, 0.25) is 0 Å². The summed E-state index contributed by atoms with van der Waals surface area (Å²) in [4.78, 5) is 2.29. The third-order valence-corrected chi connectivity index (χ3v) is 3.72. The average Bonchev–Trinajstić information content (AvgIpc) is 2.38. The van der Waals surface area contributed by atoms with Crippen LogP contribution >= 0.6 is 12.2 Å². The van der Waals surface area contributed by atoms with Crippen LogP contribution in [-0.2, 0) is 4.74 Å². The lowest BCUT2D eigenvalue weighted by molar-refractivity contribution is 0.0297. The minimum absolute atomic E-state index is 0.109. The van der Waals surface area contributed by atoms with Crippen molar-refractivity contribution in [2.75, 3.05) is 18.1 Å². The second-order valence-corrected chi connectivity index (χ2v) is 5.33. The Balaban J connectivity index is 2.31. The zero-order chi connectivity index (χ0) is 14.0. The first-order valence-corrected chi connectivity index (χ1v) is 6.91. The quantitative estimate of drug-likeness (QED) is 0.864. The number of anilines is 1. The van der Waals surface area contributed by atoms with Gasteiger partial charge in [0.15, 0.2) is 0 Å². The Morgan fingerprint density at radius 1 is 1.58 bits per heavy atom. The van der Waals surface area contributed by atoms with Crippen molar-refractivity contribution in [3.8, 4) is 0 Å². The number of morpholine rings is 1. The molecule has 0 saturated carbocycles. The van der Waals surface area contributed by atoms with Crippen LogP contribution in [0, 0.1) is 5.82 Å². The first kappa shape index (κ1) is 14.2. The second kappa shape index (κ2) is 5.84. The molecule has 0 bridgehead atoms. The molecule has 104 valence electrons. The van der Waals surface area contributed by atoms with Gasteiger partial charge < -0.3 is 15.4 Å². The van der Waals surface area contributed by atoms with E-state index in [4.69, 9.17) is 22.7 Å². The van der Waals surface area contributed by atoms with Gasteiger partial charge in [0.25, 0.3) is 0 Å². The van der Waals surface area contributed by atoms with Gasteiger partial charge in [-0.1, -0.05) is 19.1 Å². The minimum Gasteiger partial charge on any atom is -0.389 e. The third-order valence-electron chi connectivity index (χ3n) is 3.48. The van der Waals surface area contributed by atoms with Crippen molar-refractivity contribution in [2.45, 2.75) is 32.4 Å². The van der Waals surface area contributed by atoms with E-state index in [0.717, 1.165) is 6.42 Å². The molecule has 1 aromatic rings. The van der Waals surface area contributed by atoms with E-state index in [2.05, 4.69) is 11.8 Å². The zero-order valence-electron chi connectivity index (χ0n) is 11.2. The lowest BCUT2D eigenvalue weighted by Crippen LogP contribution is -2.49. The fourth-order valence-corrected chi connectivity index (χ4v) is 2.50. The van der Waals surface area contributed by atoms with Crippen LogP contribution in [0.5, 0.6) is 0 Å². The minimum atomic E-state index is -0.280. The van der Waals surface area contributed by atoms with Gasteiger partial charge in [-0.15, -0.1) is 0 Å². The van der Waals surface area contributed by atoms with Crippen molar-refractivity contribution < 1.29 is 9.13 Å². The summed E-state index contributed by atoms with van der Waals surface area (Å²) >= 11 is 4.86. The molecule has 0 spiro atoms. The van der Waals surface area contributed by atoms with E-state index in [1.165, 1.54) is 6.07 Å². The molecule has 0 amide bonds. The molecule has 1 saturated heterocycles. The molecule has 3 nitrogen and oxygen atoms in total. The van der Waals surface area contributed by atoms with Crippen LogP contribution in [0.4, 0.5) is 10.1 Å². The third kappa shape index (κ3) is 3.04. The number of nitrogens with two attached hydrogens (primary N) is 1. The van der Waals surface area contributed by atoms with Gasteiger partial charge in [-0.05, 0) is 31.5 Å². The molecule has 1 fully saturated rings. The molecule has 0 radical (unpaired) electrons. The highest BCUT2D eigenvalue weighted by Crippen LogP contribution is 2.27. The highest BCUT2D eigenvalue weighted by molar-refractivity contribution is 7.80. The van der Waals surface area contributed by atoms with Crippen molar-refractivity contribution in [1.29, 1.82) is 0 Å². The summed E-state index contributed by atoms with van der Waals surface area (Å²) in [6.45, 7) is 5.41. The monoisotopic (exact) mass is 282 g/mol. The van der Waals surface area contributed by atoms with Gasteiger partial charge >= 0.3 is 0 Å². The number of rotatable bonds is 3. The normalized spacial score (nSPS) is 23.4. The first-order chi connectivity index (χ1) is 9.02. The molecular formula is C14H19FN2OS. The van der Waals surface area contributed by atoms with Crippen LogP contribution < -0.4 is 10.6 Å². The number of thiocarbonyl (C=S) groups is 1. The first-order valence-electron chi connectivity index (χ1n) is 6.50. The Hall–Kier alpha value is -1.20. The number of halogens is 1. The highest BCUT2D eigenvalue weighted by atomic mass is 32.1. The van der Waals surface area contributed by atoms with Crippen molar-refractivity contribution in [1.82, 2.24) is 0 Å². The van der Waals surface area contributed by atoms with Crippen molar-refractivity contribution in [3.63, 3.8) is 0 Å². The number of hydrogen-bond donors (Lipinski definition) is 1. The molecule has 0 aliphatic carbocycles. The van der Waals surface area contributed by atoms with Gasteiger partial charge in [-0.2, -0.15) is 0 Å². The number of nitrogens with zero attached hydrogens (tertiary/aromatic N) is 1. The summed E-state index contributed by atoms with van der Waals surface area (Å²) < 4.78 is 19.9. The molecule has 1 heterocycles. The van der Waals surface area contributed by atoms with E-state index < -0.39 is 0 Å². The van der Waals surface area contributed by atoms with Crippen LogP contribution in [-0.4, -0.2) is 30.3 Å². The highest BCUT2D eigenvalue weighted by Gasteiger charge is 2.27. The summed E-state index contributed by atoms with van der Waals surface area (Å²) in [6, 6.07) is 5.14. The summed E-state index contributed by atoms with van der Waals surface area (Å²) in [6.07, 6.45) is 1.03. The molecule has 5 heteroatoms. The lowest BCUT2D eigenvalue weighted by Gasteiger charge is -2.40. The van der Waals surface area contributed by atoms with Gasteiger partial charge in [-0.3, -0.25) is 0 Å². The molecular weight excluding hydrogens is 263 g/mol. The lowest BCUT2D eigenvalue weighted by atomic mass is 10.1. The van der Waals surface area contributed by atoms with Gasteiger partial charge in [0, 0.05) is 12.1 Å². The summed E-state index contributed by atoms with van der Waals surface area (Å²) in [5.41, 5.74) is 6.68. The standard InChI is InChI=1S/C14H19FN2OS/c1-3-11-8-18-9(2)7-17(11)13-5-4-10(14(16)19)6-12(13)15/h4-6,9,11H,3,7-8H2,1-2H3,(H2,16,19). The summed E-state index contributed by atoms with van der Waals surface area (Å²) in [7, 11) is 0. The van der Waals surface area contributed by atoms with Gasteiger partial charge in [0.2, 0.25) is 0 Å². The molecule has 0 aromatic heterocycles. The largest absolute Gasteiger partial charge is 0.389 e. The van der Waals surface area contributed by atoms with E-state index in [0.29, 0.717) is 24.4 Å². The molecule has 2 atom stereocenters. The predicted molar refractivity (Wildman–Crippen MR) is 79.1 cm³/mol. The second-order valence-electron chi connectivity index (χ2n) is 4.89. The maximum atomic E-state index is 14.2. The summed E-state index contributed by atoms with van der Waals surface area (Å²) in [5, 5.41) is 0. The van der Waals surface area contributed by atoms with E-state index in [1.807, 2.05) is 6.92 Å². The van der Waals surface area contributed by atoms with Crippen LogP contribution in [0.25, 0.3) is 0 Å². The molecule has 19 heavy (non-hydrogen) atoms. The Kier molecular flexibility index (Phi) is 4.37. The Bertz CT molecular complexity index is 481. The van der Waals surface area contributed by atoms with Crippen molar-refractivity contribution >= 4 is 22.9 Å². The van der Waals surface area contributed by atoms with Crippen LogP contribution in [0.15, 0.2) is 18.2 Å². The Morgan fingerprint density at radius 2 is 2.32 bits per heavy atom. The van der Waals surface area contributed by atoms with E-state index >= 15 is 0 Å². The fraction of sp³-hybridized carbons (Fsp3) is 0.500. The average molecular weight is 282 g/mol. The van der Waals surface area contributed by atoms with Gasteiger partial charge in [-0.25, -0.2) is 4.39 Å². The number of benzene rings is 1. The molecule has 1 aromatic carbocycles. The smallest absolute Gasteiger partial charge is 0.147 e. The van der Waals surface area contributed by atoms with Crippen LogP contribution in [0.1, 0.15) is 25.8 Å². The Morgan fingerprint density at radius 3 is 2.89 bits per heavy atom. The Labute approximate surface area is 118 Å². The molecule has 2 rings (SSSR count). The van der Waals surface area contributed by atoms with E-state index in [9.17, 15) is 4.39 Å². The van der Waals surface area contributed by atoms with Crippen LogP contribution in [0.3, 0.4) is 0 Å².